The van der Waals surface area contributed by atoms with E-state index >= 15 is 0 Å². The second-order valence-corrected chi connectivity index (χ2v) is 5.65. The number of ether oxygens (including phenoxy) is 1. The van der Waals surface area contributed by atoms with Gasteiger partial charge >= 0.3 is 12.1 Å². The summed E-state index contributed by atoms with van der Waals surface area (Å²) in [4.78, 5) is 23.6. The van der Waals surface area contributed by atoms with Crippen molar-refractivity contribution < 1.29 is 27.5 Å². The number of aryl methyl sites for hydroxylation is 1. The molecule has 1 amide bonds. The fourth-order valence-corrected chi connectivity index (χ4v) is 2.40. The summed E-state index contributed by atoms with van der Waals surface area (Å²) in [6.45, 7) is 1.65. The van der Waals surface area contributed by atoms with E-state index in [1.54, 1.807) is 0 Å². The van der Waals surface area contributed by atoms with Crippen LogP contribution >= 0.6 is 0 Å². The number of hydrogen-bond acceptors (Lipinski definition) is 3. The Hall–Kier alpha value is -2.83. The Morgan fingerprint density at radius 1 is 1.04 bits per heavy atom. The van der Waals surface area contributed by atoms with Gasteiger partial charge in [-0.2, -0.15) is 13.2 Å². The molecule has 0 saturated carbocycles. The monoisotopic (exact) mass is 365 g/mol. The minimum Gasteiger partial charge on any atom is -0.452 e. The van der Waals surface area contributed by atoms with Crippen molar-refractivity contribution in [3.63, 3.8) is 0 Å². The molecule has 138 valence electrons. The van der Waals surface area contributed by atoms with Crippen LogP contribution in [0.2, 0.25) is 0 Å². The topological polar surface area (TPSA) is 55.4 Å². The van der Waals surface area contributed by atoms with E-state index in [0.717, 1.165) is 23.3 Å². The molecule has 7 heteroatoms. The minimum atomic E-state index is -4.68. The molecule has 0 bridgehead atoms. The first-order valence-corrected chi connectivity index (χ1v) is 7.93. The van der Waals surface area contributed by atoms with Gasteiger partial charge in [-0.25, -0.2) is 4.79 Å². The summed E-state index contributed by atoms with van der Waals surface area (Å²) < 4.78 is 43.3. The lowest BCUT2D eigenvalue weighted by Crippen LogP contribution is -2.30. The molecule has 0 aliphatic carbocycles. The van der Waals surface area contributed by atoms with Gasteiger partial charge in [-0.15, -0.1) is 0 Å². The van der Waals surface area contributed by atoms with Gasteiger partial charge in [0.05, 0.1) is 11.1 Å². The summed E-state index contributed by atoms with van der Waals surface area (Å²) in [7, 11) is 0. The molecule has 0 aromatic heterocycles. The number of esters is 1. The number of alkyl halides is 3. The van der Waals surface area contributed by atoms with Crippen molar-refractivity contribution >= 4 is 11.9 Å². The van der Waals surface area contributed by atoms with Gasteiger partial charge in [-0.1, -0.05) is 36.4 Å². The van der Waals surface area contributed by atoms with E-state index in [2.05, 4.69) is 5.32 Å². The van der Waals surface area contributed by atoms with Crippen LogP contribution in [0.1, 0.15) is 27.0 Å². The Balaban J connectivity index is 1.84. The lowest BCUT2D eigenvalue weighted by Gasteiger charge is -2.12. The highest BCUT2D eigenvalue weighted by Gasteiger charge is 2.35. The third kappa shape index (κ3) is 5.34. The summed E-state index contributed by atoms with van der Waals surface area (Å²) in [6.07, 6.45) is -4.07. The van der Waals surface area contributed by atoms with Gasteiger partial charge in [0.15, 0.2) is 6.61 Å². The van der Waals surface area contributed by atoms with Crippen LogP contribution in [-0.2, 0) is 22.1 Å². The fraction of sp³-hybridized carbons (Fsp3) is 0.263. The molecule has 2 rings (SSSR count). The number of carbonyl (C=O) groups excluding carboxylic acids is 2. The quantitative estimate of drug-likeness (QED) is 0.797. The van der Waals surface area contributed by atoms with E-state index in [0.29, 0.717) is 13.0 Å². The first-order valence-electron chi connectivity index (χ1n) is 7.93. The summed E-state index contributed by atoms with van der Waals surface area (Å²) in [6, 6.07) is 12.0. The largest absolute Gasteiger partial charge is 0.452 e. The highest BCUT2D eigenvalue weighted by Crippen LogP contribution is 2.32. The number of nitrogens with one attached hydrogen (secondary N) is 1. The smallest absolute Gasteiger partial charge is 0.417 e. The number of benzene rings is 2. The van der Waals surface area contributed by atoms with Crippen molar-refractivity contribution in [2.24, 2.45) is 0 Å². The van der Waals surface area contributed by atoms with Gasteiger partial charge in [0.2, 0.25) is 0 Å². The summed E-state index contributed by atoms with van der Waals surface area (Å²) in [5, 5.41) is 2.57. The second kappa shape index (κ2) is 8.51. The van der Waals surface area contributed by atoms with Crippen LogP contribution in [0.25, 0.3) is 0 Å². The van der Waals surface area contributed by atoms with E-state index in [-0.39, 0.29) is 0 Å². The molecular formula is C19H18F3NO3. The predicted molar refractivity (Wildman–Crippen MR) is 89.6 cm³/mol. The SMILES string of the molecule is Cc1ccccc1CCNC(=O)COC(=O)c1ccccc1C(F)(F)F. The van der Waals surface area contributed by atoms with Crippen molar-refractivity contribution in [2.75, 3.05) is 13.2 Å². The van der Waals surface area contributed by atoms with Gasteiger partial charge in [0, 0.05) is 6.54 Å². The van der Waals surface area contributed by atoms with Crippen LogP contribution < -0.4 is 5.32 Å². The van der Waals surface area contributed by atoms with Crippen LogP contribution in [0, 0.1) is 6.92 Å². The van der Waals surface area contributed by atoms with E-state index in [1.807, 2.05) is 31.2 Å². The Morgan fingerprint density at radius 2 is 1.69 bits per heavy atom. The standard InChI is InChI=1S/C19H18F3NO3/c1-13-6-2-3-7-14(13)10-11-23-17(24)12-26-18(25)15-8-4-5-9-16(15)19(20,21)22/h2-9H,10-12H2,1H3,(H,23,24). The molecule has 0 fully saturated rings. The Morgan fingerprint density at radius 3 is 2.38 bits per heavy atom. The zero-order chi connectivity index (χ0) is 19.2. The number of hydrogen-bond donors (Lipinski definition) is 1. The first kappa shape index (κ1) is 19.5. The molecule has 0 atom stereocenters. The number of rotatable bonds is 6. The van der Waals surface area contributed by atoms with E-state index in [4.69, 9.17) is 4.74 Å². The van der Waals surface area contributed by atoms with Gasteiger partial charge in [-0.05, 0) is 36.6 Å². The highest BCUT2D eigenvalue weighted by molar-refractivity contribution is 5.93. The average molecular weight is 365 g/mol. The van der Waals surface area contributed by atoms with Crippen molar-refractivity contribution in [2.45, 2.75) is 19.5 Å². The molecule has 0 spiro atoms. The van der Waals surface area contributed by atoms with Crippen molar-refractivity contribution in [3.05, 3.63) is 70.8 Å². The van der Waals surface area contributed by atoms with E-state index in [9.17, 15) is 22.8 Å². The zero-order valence-corrected chi connectivity index (χ0v) is 14.1. The normalized spacial score (nSPS) is 11.1. The maximum absolute atomic E-state index is 12.9. The van der Waals surface area contributed by atoms with Crippen LogP contribution in [-0.4, -0.2) is 25.0 Å². The molecule has 0 saturated heterocycles. The molecule has 0 unspecified atom stereocenters. The van der Waals surface area contributed by atoms with E-state index < -0.39 is 35.8 Å². The van der Waals surface area contributed by atoms with Crippen LogP contribution in [0.3, 0.4) is 0 Å². The molecule has 0 radical (unpaired) electrons. The Kier molecular flexibility index (Phi) is 6.38. The predicted octanol–water partition coefficient (Wildman–Crippen LogP) is 3.53. The Bertz CT molecular complexity index is 788. The molecular weight excluding hydrogens is 347 g/mol. The Labute approximate surface area is 149 Å². The van der Waals surface area contributed by atoms with Crippen LogP contribution in [0.15, 0.2) is 48.5 Å². The fourth-order valence-electron chi connectivity index (χ4n) is 2.40. The van der Waals surface area contributed by atoms with Gasteiger partial charge < -0.3 is 10.1 Å². The lowest BCUT2D eigenvalue weighted by atomic mass is 10.1. The number of carbonyl (C=O) groups is 2. The van der Waals surface area contributed by atoms with Crippen molar-refractivity contribution in [3.8, 4) is 0 Å². The van der Waals surface area contributed by atoms with Crippen molar-refractivity contribution in [1.82, 2.24) is 5.32 Å². The molecule has 0 aliphatic rings. The third-order valence-electron chi connectivity index (χ3n) is 3.76. The molecule has 2 aromatic carbocycles. The van der Waals surface area contributed by atoms with Crippen molar-refractivity contribution in [1.29, 1.82) is 0 Å². The molecule has 2 aromatic rings. The van der Waals surface area contributed by atoms with Gasteiger partial charge in [0.25, 0.3) is 5.91 Å². The molecule has 1 N–H and O–H groups in total. The number of halogens is 3. The lowest BCUT2D eigenvalue weighted by molar-refractivity contribution is -0.138. The third-order valence-corrected chi connectivity index (χ3v) is 3.76. The average Bonchev–Trinajstić information content (AvgIpc) is 2.60. The summed E-state index contributed by atoms with van der Waals surface area (Å²) in [5.74, 6) is -1.76. The van der Waals surface area contributed by atoms with Gasteiger partial charge in [-0.3, -0.25) is 4.79 Å². The molecule has 26 heavy (non-hydrogen) atoms. The van der Waals surface area contributed by atoms with Crippen LogP contribution in [0.4, 0.5) is 13.2 Å². The maximum Gasteiger partial charge on any atom is 0.417 e. The second-order valence-electron chi connectivity index (χ2n) is 5.65. The maximum atomic E-state index is 12.9. The van der Waals surface area contributed by atoms with Crippen LogP contribution in [0.5, 0.6) is 0 Å². The number of amides is 1. The summed E-state index contributed by atoms with van der Waals surface area (Å²) in [5.41, 5.74) is 0.457. The van der Waals surface area contributed by atoms with E-state index in [1.165, 1.54) is 12.1 Å². The zero-order valence-electron chi connectivity index (χ0n) is 14.1. The minimum absolute atomic E-state index is 0.334. The molecule has 0 heterocycles. The van der Waals surface area contributed by atoms with Gasteiger partial charge in [0.1, 0.15) is 0 Å². The first-order chi connectivity index (χ1) is 12.3. The molecule has 4 nitrogen and oxygen atoms in total. The highest BCUT2D eigenvalue weighted by atomic mass is 19.4. The molecule has 0 aliphatic heterocycles. The summed E-state index contributed by atoms with van der Waals surface area (Å²) >= 11 is 0.